The third-order valence-electron chi connectivity index (χ3n) is 3.67. The molecular weight excluding hydrogens is 254 g/mol. The lowest BCUT2D eigenvalue weighted by Crippen LogP contribution is -2.46. The highest BCUT2D eigenvalue weighted by atomic mass is 35.5. The highest BCUT2D eigenvalue weighted by molar-refractivity contribution is 6.30. The van der Waals surface area contributed by atoms with E-state index >= 15 is 0 Å². The Morgan fingerprint density at radius 1 is 1.39 bits per heavy atom. The van der Waals surface area contributed by atoms with Gasteiger partial charge in [0.2, 0.25) is 0 Å². The van der Waals surface area contributed by atoms with Crippen LogP contribution < -0.4 is 11.2 Å². The molecule has 1 aromatic heterocycles. The number of halogens is 1. The number of aromatic nitrogens is 2. The number of aromatic amines is 1. The first-order valence-corrected chi connectivity index (χ1v) is 6.58. The monoisotopic (exact) mass is 271 g/mol. The van der Waals surface area contributed by atoms with E-state index in [2.05, 4.69) is 9.88 Å². The lowest BCUT2D eigenvalue weighted by molar-refractivity contribution is 0.164. The van der Waals surface area contributed by atoms with Crippen LogP contribution in [0.1, 0.15) is 24.8 Å². The molecule has 2 rings (SSSR count). The van der Waals surface area contributed by atoms with Crippen molar-refractivity contribution in [2.24, 2.45) is 0 Å². The van der Waals surface area contributed by atoms with Gasteiger partial charge in [0.1, 0.15) is 5.15 Å². The van der Waals surface area contributed by atoms with Gasteiger partial charge in [-0.2, -0.15) is 0 Å². The van der Waals surface area contributed by atoms with Crippen LogP contribution in [-0.4, -0.2) is 34.1 Å². The third kappa shape index (κ3) is 2.52. The summed E-state index contributed by atoms with van der Waals surface area (Å²) >= 11 is 5.78. The Morgan fingerprint density at radius 2 is 2.11 bits per heavy atom. The zero-order valence-corrected chi connectivity index (χ0v) is 11.5. The van der Waals surface area contributed by atoms with Crippen molar-refractivity contribution >= 4 is 11.6 Å². The zero-order valence-electron chi connectivity index (χ0n) is 10.7. The van der Waals surface area contributed by atoms with Crippen LogP contribution in [0.5, 0.6) is 0 Å². The fourth-order valence-corrected chi connectivity index (χ4v) is 2.56. The minimum absolute atomic E-state index is 0.137. The van der Waals surface area contributed by atoms with Gasteiger partial charge >= 0.3 is 5.69 Å². The number of hydrogen-bond acceptors (Lipinski definition) is 3. The van der Waals surface area contributed by atoms with E-state index in [1.54, 1.807) is 6.92 Å². The number of hydrogen-bond donors (Lipinski definition) is 1. The summed E-state index contributed by atoms with van der Waals surface area (Å²) in [5, 5.41) is 0.137. The van der Waals surface area contributed by atoms with Crippen molar-refractivity contribution in [1.82, 2.24) is 14.5 Å². The largest absolute Gasteiger partial charge is 0.329 e. The van der Waals surface area contributed by atoms with Crippen LogP contribution in [0.15, 0.2) is 9.59 Å². The minimum Gasteiger partial charge on any atom is -0.302 e. The van der Waals surface area contributed by atoms with Crippen molar-refractivity contribution in [3.63, 3.8) is 0 Å². The van der Waals surface area contributed by atoms with E-state index in [-0.39, 0.29) is 16.8 Å². The Morgan fingerprint density at radius 3 is 2.78 bits per heavy atom. The van der Waals surface area contributed by atoms with Crippen LogP contribution in [0.3, 0.4) is 0 Å². The van der Waals surface area contributed by atoms with Crippen LogP contribution in [0.4, 0.5) is 0 Å². The van der Waals surface area contributed by atoms with E-state index in [1.165, 1.54) is 11.0 Å². The lowest BCUT2D eigenvalue weighted by atomic mass is 10.0. The van der Waals surface area contributed by atoms with Crippen molar-refractivity contribution in [1.29, 1.82) is 0 Å². The average Bonchev–Trinajstić information content (AvgIpc) is 2.34. The van der Waals surface area contributed by atoms with Gasteiger partial charge in [0.25, 0.3) is 5.56 Å². The summed E-state index contributed by atoms with van der Waals surface area (Å²) in [6.07, 6.45) is 3.34. The Balaban J connectivity index is 2.32. The highest BCUT2D eigenvalue weighted by Crippen LogP contribution is 2.15. The molecular formula is C12H18ClN3O2. The molecule has 0 aliphatic carbocycles. The predicted molar refractivity (Wildman–Crippen MR) is 71.3 cm³/mol. The van der Waals surface area contributed by atoms with E-state index in [0.29, 0.717) is 12.1 Å². The second kappa shape index (κ2) is 5.28. The fourth-order valence-electron chi connectivity index (χ4n) is 2.40. The van der Waals surface area contributed by atoms with Gasteiger partial charge < -0.3 is 4.90 Å². The first-order chi connectivity index (χ1) is 8.50. The number of rotatable bonds is 2. The molecule has 0 radical (unpaired) electrons. The quantitative estimate of drug-likeness (QED) is 0.816. The molecule has 1 aliphatic rings. The van der Waals surface area contributed by atoms with E-state index in [4.69, 9.17) is 11.6 Å². The maximum Gasteiger partial charge on any atom is 0.329 e. The van der Waals surface area contributed by atoms with Gasteiger partial charge in [0.05, 0.1) is 0 Å². The van der Waals surface area contributed by atoms with Crippen LogP contribution in [-0.2, 0) is 6.54 Å². The van der Waals surface area contributed by atoms with Gasteiger partial charge in [-0.15, -0.1) is 0 Å². The van der Waals surface area contributed by atoms with Crippen molar-refractivity contribution in [3.05, 3.63) is 31.6 Å². The maximum absolute atomic E-state index is 12.0. The normalized spacial score (nSPS) is 21.2. The number of nitrogens with zero attached hydrogens (tertiary/aromatic N) is 2. The summed E-state index contributed by atoms with van der Waals surface area (Å²) in [5.41, 5.74) is -0.313. The molecule has 0 aromatic carbocycles. The summed E-state index contributed by atoms with van der Waals surface area (Å²) in [7, 11) is 2.03. The number of piperidine rings is 1. The summed E-state index contributed by atoms with van der Waals surface area (Å²) in [5.74, 6) is 0. The molecule has 1 unspecified atom stereocenters. The molecule has 100 valence electrons. The Kier molecular flexibility index (Phi) is 3.92. The molecule has 18 heavy (non-hydrogen) atoms. The van der Waals surface area contributed by atoms with Gasteiger partial charge in [-0.05, 0) is 33.4 Å². The lowest BCUT2D eigenvalue weighted by Gasteiger charge is -2.32. The van der Waals surface area contributed by atoms with Crippen LogP contribution >= 0.6 is 11.6 Å². The van der Waals surface area contributed by atoms with Gasteiger partial charge in [-0.3, -0.25) is 14.3 Å². The molecule has 0 amide bonds. The van der Waals surface area contributed by atoms with Gasteiger partial charge in [0, 0.05) is 18.2 Å². The third-order valence-corrected chi connectivity index (χ3v) is 4.05. The first-order valence-electron chi connectivity index (χ1n) is 6.20. The molecule has 1 fully saturated rings. The number of likely N-dealkylation sites (N-methyl/N-ethyl adjacent to an activating group) is 1. The number of nitrogens with one attached hydrogen (secondary N) is 1. The molecule has 2 heterocycles. The second-order valence-corrected chi connectivity index (χ2v) is 5.29. The Hall–Kier alpha value is -1.07. The summed E-state index contributed by atoms with van der Waals surface area (Å²) in [6, 6.07) is 0.248. The fraction of sp³-hybridized carbons (Fsp3) is 0.667. The zero-order chi connectivity index (χ0) is 13.3. The predicted octanol–water partition coefficient (Wildman–Crippen LogP) is 0.983. The Labute approximate surface area is 110 Å². The molecule has 1 N–H and O–H groups in total. The van der Waals surface area contributed by atoms with Crippen LogP contribution in [0.25, 0.3) is 0 Å². The van der Waals surface area contributed by atoms with Crippen molar-refractivity contribution < 1.29 is 0 Å². The summed E-state index contributed by atoms with van der Waals surface area (Å²) < 4.78 is 1.26. The van der Waals surface area contributed by atoms with E-state index in [0.717, 1.165) is 19.4 Å². The average molecular weight is 272 g/mol. The number of H-pyrrole nitrogens is 1. The number of likely N-dealkylation sites (tertiary alicyclic amines) is 1. The minimum atomic E-state index is -0.422. The highest BCUT2D eigenvalue weighted by Gasteiger charge is 2.21. The van der Waals surface area contributed by atoms with Crippen molar-refractivity contribution in [2.45, 2.75) is 38.8 Å². The topological polar surface area (TPSA) is 58.1 Å². The van der Waals surface area contributed by atoms with Gasteiger partial charge in [-0.25, -0.2) is 4.79 Å². The molecule has 0 bridgehead atoms. The van der Waals surface area contributed by atoms with E-state index in [9.17, 15) is 9.59 Å². The van der Waals surface area contributed by atoms with Gasteiger partial charge in [0.15, 0.2) is 0 Å². The first kappa shape index (κ1) is 13.4. The Bertz CT molecular complexity index is 549. The molecule has 0 spiro atoms. The molecule has 1 atom stereocenters. The van der Waals surface area contributed by atoms with Crippen molar-refractivity contribution in [3.8, 4) is 0 Å². The molecule has 6 heteroatoms. The van der Waals surface area contributed by atoms with Crippen LogP contribution in [0.2, 0.25) is 5.15 Å². The summed E-state index contributed by atoms with van der Waals surface area (Å²) in [6.45, 7) is 3.08. The molecule has 5 nitrogen and oxygen atoms in total. The van der Waals surface area contributed by atoms with E-state index in [1.807, 2.05) is 7.05 Å². The summed E-state index contributed by atoms with van der Waals surface area (Å²) in [4.78, 5) is 28.5. The molecule has 1 aliphatic heterocycles. The smallest absolute Gasteiger partial charge is 0.302 e. The van der Waals surface area contributed by atoms with Gasteiger partial charge in [-0.1, -0.05) is 18.0 Å². The SMILES string of the molecule is Cc1c(Cl)[nH]c(=O)n(CC2CCCCN2C)c1=O. The molecule has 1 aromatic rings. The standard InChI is InChI=1S/C12H18ClN3O2/c1-8-10(13)14-12(18)16(11(8)17)7-9-5-3-4-6-15(9)2/h9H,3-7H2,1-2H3,(H,14,18). The maximum atomic E-state index is 12.0. The molecule has 0 saturated carbocycles. The van der Waals surface area contributed by atoms with Crippen molar-refractivity contribution in [2.75, 3.05) is 13.6 Å². The van der Waals surface area contributed by atoms with Crippen LogP contribution in [0, 0.1) is 6.92 Å². The second-order valence-electron chi connectivity index (χ2n) is 4.92. The van der Waals surface area contributed by atoms with E-state index < -0.39 is 5.69 Å². The molecule has 1 saturated heterocycles.